The lowest BCUT2D eigenvalue weighted by Crippen LogP contribution is -2.30. The number of ether oxygens (including phenoxy) is 3. The lowest BCUT2D eigenvalue weighted by molar-refractivity contribution is -0.167. The maximum Gasteiger partial charge on any atom is 0.306 e. The lowest BCUT2D eigenvalue weighted by atomic mass is 10.0. The van der Waals surface area contributed by atoms with Gasteiger partial charge in [0.05, 0.1) is 0 Å². The minimum absolute atomic E-state index is 0.0678. The average molecular weight is 1060 g/mol. The molecule has 0 heterocycles. The van der Waals surface area contributed by atoms with Crippen LogP contribution in [-0.4, -0.2) is 37.2 Å². The van der Waals surface area contributed by atoms with E-state index in [0.717, 1.165) is 64.2 Å². The van der Waals surface area contributed by atoms with Crippen molar-refractivity contribution in [2.75, 3.05) is 13.2 Å². The molecule has 0 rings (SSSR count). The van der Waals surface area contributed by atoms with Crippen molar-refractivity contribution in [1.29, 1.82) is 0 Å². The molecular weight excluding hydrogens is 925 g/mol. The number of allylic oxidation sites excluding steroid dienone is 2. The van der Waals surface area contributed by atoms with Crippen molar-refractivity contribution in [3.8, 4) is 0 Å². The molecule has 1 unspecified atom stereocenters. The zero-order valence-electron chi connectivity index (χ0n) is 51.1. The molecule has 6 nitrogen and oxygen atoms in total. The monoisotopic (exact) mass is 1060 g/mol. The summed E-state index contributed by atoms with van der Waals surface area (Å²) in [5, 5.41) is 0. The zero-order valence-corrected chi connectivity index (χ0v) is 51.1. The fourth-order valence-electron chi connectivity index (χ4n) is 10.6. The summed E-state index contributed by atoms with van der Waals surface area (Å²) in [5.41, 5.74) is 0. The van der Waals surface area contributed by atoms with Gasteiger partial charge in [-0.2, -0.15) is 0 Å². The smallest absolute Gasteiger partial charge is 0.306 e. The van der Waals surface area contributed by atoms with Gasteiger partial charge in [0.15, 0.2) is 6.10 Å². The van der Waals surface area contributed by atoms with Gasteiger partial charge >= 0.3 is 17.9 Å². The molecule has 0 aliphatic carbocycles. The SMILES string of the molecule is CCCCCC/C=C\CCCCCCCC(=O)OC(COC(=O)CCCCCCCCCCC)COC(=O)CCCCCCCCCCCCCCCCCCCCCCCCCCCCCCCCCCCCC. The molecule has 0 spiro atoms. The number of hydrogen-bond donors (Lipinski definition) is 0. The summed E-state index contributed by atoms with van der Waals surface area (Å²) in [6, 6.07) is 0. The molecule has 75 heavy (non-hydrogen) atoms. The summed E-state index contributed by atoms with van der Waals surface area (Å²) in [7, 11) is 0. The van der Waals surface area contributed by atoms with Gasteiger partial charge in [-0.15, -0.1) is 0 Å². The number of unbranched alkanes of at least 4 members (excludes halogenated alkanes) is 51. The quantitative estimate of drug-likeness (QED) is 0.0261. The summed E-state index contributed by atoms with van der Waals surface area (Å²) >= 11 is 0. The number of carbonyl (C=O) groups excluding carboxylic acids is 3. The van der Waals surface area contributed by atoms with Crippen molar-refractivity contribution in [3.63, 3.8) is 0 Å². The highest BCUT2D eigenvalue weighted by Gasteiger charge is 2.19. The van der Waals surface area contributed by atoms with E-state index < -0.39 is 6.10 Å². The van der Waals surface area contributed by atoms with Crippen LogP contribution in [-0.2, 0) is 28.6 Å². The van der Waals surface area contributed by atoms with Crippen LogP contribution in [0.1, 0.15) is 393 Å². The van der Waals surface area contributed by atoms with Gasteiger partial charge in [-0.05, 0) is 44.9 Å². The first-order valence-electron chi connectivity index (χ1n) is 34.2. The third-order valence-electron chi connectivity index (χ3n) is 15.8. The van der Waals surface area contributed by atoms with E-state index in [2.05, 4.69) is 32.9 Å². The standard InChI is InChI=1S/C69H132O6/c1-4-7-10-13-16-19-21-23-24-25-26-27-28-29-30-31-32-33-34-35-36-37-38-39-40-41-42-43-44-46-47-50-53-56-59-62-68(71)74-65-66(64-73-67(70)61-58-55-52-49-18-15-12-9-6-3)75-69(72)63-60-57-54-51-48-45-22-20-17-14-11-8-5-2/h20,22,66H,4-19,21,23-65H2,1-3H3/b22-20-. The van der Waals surface area contributed by atoms with Crippen molar-refractivity contribution in [3.05, 3.63) is 12.2 Å². The maximum absolute atomic E-state index is 12.8. The zero-order chi connectivity index (χ0) is 54.3. The predicted molar refractivity (Wildman–Crippen MR) is 326 cm³/mol. The highest BCUT2D eigenvalue weighted by Crippen LogP contribution is 2.19. The van der Waals surface area contributed by atoms with Crippen LogP contribution < -0.4 is 0 Å². The van der Waals surface area contributed by atoms with Crippen LogP contribution in [0.15, 0.2) is 12.2 Å². The van der Waals surface area contributed by atoms with Crippen LogP contribution in [0.2, 0.25) is 0 Å². The first kappa shape index (κ1) is 73.2. The van der Waals surface area contributed by atoms with E-state index in [0.29, 0.717) is 19.3 Å². The molecule has 0 aromatic rings. The highest BCUT2D eigenvalue weighted by atomic mass is 16.6. The van der Waals surface area contributed by atoms with Crippen molar-refractivity contribution in [2.24, 2.45) is 0 Å². The summed E-state index contributed by atoms with van der Waals surface area (Å²) in [4.78, 5) is 38.1. The van der Waals surface area contributed by atoms with E-state index in [1.807, 2.05) is 0 Å². The molecule has 6 heteroatoms. The van der Waals surface area contributed by atoms with Gasteiger partial charge in [-0.3, -0.25) is 14.4 Å². The van der Waals surface area contributed by atoms with Crippen molar-refractivity contribution in [2.45, 2.75) is 399 Å². The molecule has 0 saturated heterocycles. The van der Waals surface area contributed by atoms with Crippen LogP contribution in [0.5, 0.6) is 0 Å². The number of carbonyl (C=O) groups is 3. The molecule has 0 N–H and O–H groups in total. The fraction of sp³-hybridized carbons (Fsp3) is 0.928. The van der Waals surface area contributed by atoms with Crippen molar-refractivity contribution < 1.29 is 28.6 Å². The van der Waals surface area contributed by atoms with Crippen LogP contribution in [0.3, 0.4) is 0 Å². The van der Waals surface area contributed by atoms with Crippen molar-refractivity contribution in [1.82, 2.24) is 0 Å². The topological polar surface area (TPSA) is 78.9 Å². The third-order valence-corrected chi connectivity index (χ3v) is 15.8. The van der Waals surface area contributed by atoms with E-state index in [1.54, 1.807) is 0 Å². The number of rotatable bonds is 64. The predicted octanol–water partition coefficient (Wildman–Crippen LogP) is 23.2. The van der Waals surface area contributed by atoms with Crippen LogP contribution >= 0.6 is 0 Å². The second kappa shape index (κ2) is 64.7. The van der Waals surface area contributed by atoms with Gasteiger partial charge in [0.1, 0.15) is 13.2 Å². The Balaban J connectivity index is 3.90. The first-order chi connectivity index (χ1) is 37.0. The Bertz CT molecular complexity index is 1170. The molecule has 444 valence electrons. The fourth-order valence-corrected chi connectivity index (χ4v) is 10.6. The second-order valence-corrected chi connectivity index (χ2v) is 23.5. The highest BCUT2D eigenvalue weighted by molar-refractivity contribution is 5.71. The van der Waals surface area contributed by atoms with E-state index >= 15 is 0 Å². The molecule has 0 aromatic carbocycles. The maximum atomic E-state index is 12.8. The van der Waals surface area contributed by atoms with Crippen LogP contribution in [0, 0.1) is 0 Å². The number of hydrogen-bond acceptors (Lipinski definition) is 6. The van der Waals surface area contributed by atoms with Gasteiger partial charge in [0, 0.05) is 19.3 Å². The summed E-state index contributed by atoms with van der Waals surface area (Å²) in [6.07, 6.45) is 77.1. The Morgan fingerprint density at radius 1 is 0.253 bits per heavy atom. The normalized spacial score (nSPS) is 12.0. The van der Waals surface area contributed by atoms with Crippen LogP contribution in [0.25, 0.3) is 0 Å². The Hall–Kier alpha value is -1.85. The molecule has 0 amide bonds. The Kier molecular flexibility index (Phi) is 63.1. The Morgan fingerprint density at radius 3 is 0.680 bits per heavy atom. The van der Waals surface area contributed by atoms with Gasteiger partial charge in [-0.25, -0.2) is 0 Å². The molecule has 0 saturated carbocycles. The second-order valence-electron chi connectivity index (χ2n) is 23.5. The summed E-state index contributed by atoms with van der Waals surface area (Å²) < 4.78 is 16.9. The largest absolute Gasteiger partial charge is 0.462 e. The molecule has 0 radical (unpaired) electrons. The van der Waals surface area contributed by atoms with E-state index in [1.165, 1.54) is 289 Å². The lowest BCUT2D eigenvalue weighted by Gasteiger charge is -2.18. The van der Waals surface area contributed by atoms with E-state index in [9.17, 15) is 14.4 Å². The molecule has 1 atom stereocenters. The Labute approximate surface area is 469 Å². The molecule has 0 aliphatic rings. The molecule has 0 aromatic heterocycles. The van der Waals surface area contributed by atoms with Crippen molar-refractivity contribution >= 4 is 17.9 Å². The minimum Gasteiger partial charge on any atom is -0.462 e. The molecule has 0 fully saturated rings. The summed E-state index contributed by atoms with van der Waals surface area (Å²) in [5.74, 6) is -0.855. The molecular formula is C69H132O6. The number of esters is 3. The molecule has 0 aliphatic heterocycles. The average Bonchev–Trinajstić information content (AvgIpc) is 3.41. The molecule has 0 bridgehead atoms. The van der Waals surface area contributed by atoms with Gasteiger partial charge in [-0.1, -0.05) is 341 Å². The summed E-state index contributed by atoms with van der Waals surface area (Å²) in [6.45, 7) is 6.66. The van der Waals surface area contributed by atoms with E-state index in [4.69, 9.17) is 14.2 Å². The minimum atomic E-state index is -0.768. The van der Waals surface area contributed by atoms with Gasteiger partial charge in [0.2, 0.25) is 0 Å². The first-order valence-corrected chi connectivity index (χ1v) is 34.2. The van der Waals surface area contributed by atoms with Gasteiger partial charge < -0.3 is 14.2 Å². The van der Waals surface area contributed by atoms with Crippen LogP contribution in [0.4, 0.5) is 0 Å². The third kappa shape index (κ3) is 62.9. The van der Waals surface area contributed by atoms with Gasteiger partial charge in [0.25, 0.3) is 0 Å². The Morgan fingerprint density at radius 2 is 0.440 bits per heavy atom. The van der Waals surface area contributed by atoms with E-state index in [-0.39, 0.29) is 31.1 Å².